The molecule has 0 N–H and O–H groups in total. The summed E-state index contributed by atoms with van der Waals surface area (Å²) in [5.41, 5.74) is 10.9. The molecule has 1 aromatic carbocycles. The number of hydrogen-bond donors (Lipinski definition) is 0. The molecule has 0 bridgehead atoms. The van der Waals surface area contributed by atoms with Gasteiger partial charge in [-0.3, -0.25) is 0 Å². The molecule has 0 spiro atoms. The Morgan fingerprint density at radius 1 is 1.20 bits per heavy atom. The molecule has 0 radical (unpaired) electrons. The van der Waals surface area contributed by atoms with E-state index in [1.165, 1.54) is 11.1 Å². The van der Waals surface area contributed by atoms with Gasteiger partial charge in [0.1, 0.15) is 0 Å². The fourth-order valence-corrected chi connectivity index (χ4v) is 1.40. The molecule has 0 heterocycles. The molecular weight excluding hydrogens is 186 g/mol. The van der Waals surface area contributed by atoms with Crippen LogP contribution in [0.3, 0.4) is 0 Å². The molecular formula is C12H17N3. The summed E-state index contributed by atoms with van der Waals surface area (Å²) in [6.45, 7) is 7.12. The summed E-state index contributed by atoms with van der Waals surface area (Å²) in [5, 5.41) is 3.52. The normalized spacial score (nSPS) is 10.9. The van der Waals surface area contributed by atoms with Crippen molar-refractivity contribution in [2.24, 2.45) is 5.11 Å². The van der Waals surface area contributed by atoms with Gasteiger partial charge < -0.3 is 0 Å². The van der Waals surface area contributed by atoms with Crippen LogP contribution in [0.2, 0.25) is 0 Å². The maximum absolute atomic E-state index is 8.15. The van der Waals surface area contributed by atoms with Gasteiger partial charge in [-0.25, -0.2) is 0 Å². The van der Waals surface area contributed by atoms with E-state index >= 15 is 0 Å². The fraction of sp³-hybridized carbons (Fsp3) is 0.500. The van der Waals surface area contributed by atoms with Gasteiger partial charge in [0.15, 0.2) is 0 Å². The third kappa shape index (κ3) is 3.64. The van der Waals surface area contributed by atoms with Gasteiger partial charge in [0.05, 0.1) is 0 Å². The number of rotatable bonds is 3. The topological polar surface area (TPSA) is 48.8 Å². The van der Waals surface area contributed by atoms with Crippen molar-refractivity contribution in [3.05, 3.63) is 45.8 Å². The minimum Gasteiger partial charge on any atom is -0.0936 e. The van der Waals surface area contributed by atoms with Crippen molar-refractivity contribution >= 4 is 0 Å². The van der Waals surface area contributed by atoms with Crippen LogP contribution < -0.4 is 0 Å². The molecule has 3 heteroatoms. The molecule has 1 rings (SSSR count). The number of azide groups is 1. The molecule has 0 fully saturated rings. The van der Waals surface area contributed by atoms with E-state index in [1.54, 1.807) is 0 Å². The molecule has 0 aliphatic carbocycles. The van der Waals surface area contributed by atoms with E-state index in [-0.39, 0.29) is 5.41 Å². The second-order valence-electron chi connectivity index (χ2n) is 4.65. The quantitative estimate of drug-likeness (QED) is 0.407. The summed E-state index contributed by atoms with van der Waals surface area (Å²) in [6, 6.07) is 8.50. The lowest BCUT2D eigenvalue weighted by Gasteiger charge is -2.19. The van der Waals surface area contributed by atoms with Crippen molar-refractivity contribution in [2.75, 3.05) is 6.54 Å². The molecule has 80 valence electrons. The Hall–Kier alpha value is -1.47. The molecule has 0 aromatic heterocycles. The molecule has 3 nitrogen and oxygen atoms in total. The smallest absolute Gasteiger partial charge is 0.0298 e. The number of nitrogens with zero attached hydrogens (tertiary/aromatic N) is 3. The number of hydrogen-bond acceptors (Lipinski definition) is 1. The van der Waals surface area contributed by atoms with E-state index in [4.69, 9.17) is 5.53 Å². The predicted octanol–water partition coefficient (Wildman–Crippen LogP) is 3.84. The fourth-order valence-electron chi connectivity index (χ4n) is 1.40. The van der Waals surface area contributed by atoms with E-state index in [0.29, 0.717) is 6.54 Å². The highest BCUT2D eigenvalue weighted by Gasteiger charge is 2.12. The van der Waals surface area contributed by atoms with Crippen LogP contribution in [0.15, 0.2) is 29.4 Å². The Morgan fingerprint density at radius 3 is 2.27 bits per heavy atom. The van der Waals surface area contributed by atoms with Gasteiger partial charge in [0.2, 0.25) is 0 Å². The third-order valence-electron chi connectivity index (χ3n) is 2.38. The molecule has 0 unspecified atom stereocenters. The monoisotopic (exact) mass is 203 g/mol. The maximum Gasteiger partial charge on any atom is 0.0298 e. The van der Waals surface area contributed by atoms with Gasteiger partial charge in [0, 0.05) is 11.5 Å². The van der Waals surface area contributed by atoms with Crippen LogP contribution in [0, 0.1) is 0 Å². The minimum absolute atomic E-state index is 0.198. The summed E-state index contributed by atoms with van der Waals surface area (Å²) in [4.78, 5) is 2.73. The van der Waals surface area contributed by atoms with Crippen molar-refractivity contribution in [1.82, 2.24) is 0 Å². The highest BCUT2D eigenvalue weighted by molar-refractivity contribution is 5.27. The van der Waals surface area contributed by atoms with Gasteiger partial charge >= 0.3 is 0 Å². The zero-order valence-electron chi connectivity index (χ0n) is 9.57. The summed E-state index contributed by atoms with van der Waals surface area (Å²) in [7, 11) is 0. The van der Waals surface area contributed by atoms with Gasteiger partial charge in [-0.15, -0.1) is 0 Å². The average Bonchev–Trinajstić information content (AvgIpc) is 2.18. The Morgan fingerprint density at radius 2 is 1.80 bits per heavy atom. The Bertz CT molecular complexity index is 353. The van der Waals surface area contributed by atoms with Crippen molar-refractivity contribution in [3.63, 3.8) is 0 Å². The Kier molecular flexibility index (Phi) is 3.75. The van der Waals surface area contributed by atoms with Crippen LogP contribution in [-0.2, 0) is 11.8 Å². The van der Waals surface area contributed by atoms with Crippen LogP contribution in [0.4, 0.5) is 0 Å². The zero-order chi connectivity index (χ0) is 11.3. The van der Waals surface area contributed by atoms with Gasteiger partial charge in [-0.1, -0.05) is 50.2 Å². The highest BCUT2D eigenvalue weighted by Crippen LogP contribution is 2.22. The highest BCUT2D eigenvalue weighted by atomic mass is 15.1. The average molecular weight is 203 g/mol. The van der Waals surface area contributed by atoms with E-state index < -0.39 is 0 Å². The molecule has 1 aromatic rings. The molecule has 0 atom stereocenters. The lowest BCUT2D eigenvalue weighted by molar-refractivity contribution is 0.590. The Labute approximate surface area is 90.8 Å². The molecule has 0 aliphatic heterocycles. The lowest BCUT2D eigenvalue weighted by atomic mass is 9.86. The first kappa shape index (κ1) is 11.6. The van der Waals surface area contributed by atoms with Gasteiger partial charge in [0.25, 0.3) is 0 Å². The van der Waals surface area contributed by atoms with Crippen LogP contribution in [0.5, 0.6) is 0 Å². The van der Waals surface area contributed by atoms with Crippen molar-refractivity contribution in [3.8, 4) is 0 Å². The van der Waals surface area contributed by atoms with Crippen molar-refractivity contribution in [2.45, 2.75) is 32.6 Å². The number of benzene rings is 1. The van der Waals surface area contributed by atoms with E-state index in [9.17, 15) is 0 Å². The van der Waals surface area contributed by atoms with Crippen LogP contribution >= 0.6 is 0 Å². The van der Waals surface area contributed by atoms with Crippen molar-refractivity contribution < 1.29 is 0 Å². The summed E-state index contributed by atoms with van der Waals surface area (Å²) >= 11 is 0. The predicted molar refractivity (Wildman–Crippen MR) is 62.9 cm³/mol. The van der Waals surface area contributed by atoms with E-state index in [1.807, 2.05) is 0 Å². The SMILES string of the molecule is CC(C)(C)c1ccc(CCN=[N+]=[N-])cc1. The Balaban J connectivity index is 2.68. The summed E-state index contributed by atoms with van der Waals surface area (Å²) in [5.74, 6) is 0. The lowest BCUT2D eigenvalue weighted by Crippen LogP contribution is -2.10. The first-order valence-electron chi connectivity index (χ1n) is 5.14. The maximum atomic E-state index is 8.15. The van der Waals surface area contributed by atoms with Gasteiger partial charge in [-0.05, 0) is 28.5 Å². The largest absolute Gasteiger partial charge is 0.0936 e. The second-order valence-corrected chi connectivity index (χ2v) is 4.65. The first-order chi connectivity index (χ1) is 7.04. The van der Waals surface area contributed by atoms with Crippen LogP contribution in [0.25, 0.3) is 10.4 Å². The van der Waals surface area contributed by atoms with Crippen molar-refractivity contribution in [1.29, 1.82) is 0 Å². The molecule has 0 amide bonds. The van der Waals surface area contributed by atoms with Crippen LogP contribution in [-0.4, -0.2) is 6.54 Å². The molecule has 15 heavy (non-hydrogen) atoms. The molecule has 0 aliphatic rings. The molecule has 0 saturated heterocycles. The third-order valence-corrected chi connectivity index (χ3v) is 2.38. The van der Waals surface area contributed by atoms with Crippen LogP contribution in [0.1, 0.15) is 31.9 Å². The summed E-state index contributed by atoms with van der Waals surface area (Å²) < 4.78 is 0. The minimum atomic E-state index is 0.198. The van der Waals surface area contributed by atoms with Gasteiger partial charge in [-0.2, -0.15) is 0 Å². The van der Waals surface area contributed by atoms with E-state index in [0.717, 1.165) is 6.42 Å². The summed E-state index contributed by atoms with van der Waals surface area (Å²) in [6.07, 6.45) is 0.814. The van der Waals surface area contributed by atoms with E-state index in [2.05, 4.69) is 55.1 Å². The zero-order valence-corrected chi connectivity index (χ0v) is 9.57. The molecule has 0 saturated carbocycles. The standard InChI is InChI=1S/C12H17N3/c1-12(2,3)11-6-4-10(5-7-11)8-9-14-15-13/h4-7H,8-9H2,1-3H3. The first-order valence-corrected chi connectivity index (χ1v) is 5.14. The second kappa shape index (κ2) is 4.85.